The third-order valence-electron chi connectivity index (χ3n) is 6.24. The number of carbonyl (C=O) groups is 1. The van der Waals surface area contributed by atoms with Gasteiger partial charge in [0.05, 0.1) is 5.41 Å². The molecule has 1 amide bonds. The van der Waals surface area contributed by atoms with Crippen molar-refractivity contribution < 1.29 is 71.3 Å². The van der Waals surface area contributed by atoms with Crippen LogP contribution in [0.2, 0.25) is 0 Å². The highest BCUT2D eigenvalue weighted by molar-refractivity contribution is 6.01. The number of ether oxygens (including phenoxy) is 2. The Labute approximate surface area is 239 Å². The maximum atomic E-state index is 14.7. The number of amides is 1. The van der Waals surface area contributed by atoms with E-state index in [4.69, 9.17) is 0 Å². The third-order valence-corrected chi connectivity index (χ3v) is 6.24. The Morgan fingerprint density at radius 1 is 0.568 bits per heavy atom. The van der Waals surface area contributed by atoms with Gasteiger partial charge in [0.2, 0.25) is 5.91 Å². The van der Waals surface area contributed by atoms with Crippen molar-refractivity contribution in [2.45, 2.75) is 48.9 Å². The van der Waals surface area contributed by atoms with Crippen LogP contribution in [0.25, 0.3) is 0 Å². The molecule has 17 heteroatoms. The standard InChI is InChI=1S/C27H18F13NO3/c1-21(16-9-4-2-5-10-16,17-11-6-3-7-12-17)20(42)41-19-14-8-13-18(15-19)22(28,29)24(32,33)43-25(34,35)23(30,31)26(36,37)44-27(38,39)40/h2-15H,1H3,(H,41,42). The Hall–Kier alpha value is -3.86. The summed E-state index contributed by atoms with van der Waals surface area (Å²) in [5.74, 6) is -14.5. The normalized spacial score (nSPS) is 14.0. The van der Waals surface area contributed by atoms with Crippen LogP contribution < -0.4 is 5.32 Å². The van der Waals surface area contributed by atoms with Crippen molar-refractivity contribution in [2.24, 2.45) is 0 Å². The smallest absolute Gasteiger partial charge is 0.325 e. The Morgan fingerprint density at radius 3 is 1.45 bits per heavy atom. The quantitative estimate of drug-likeness (QED) is 0.211. The SMILES string of the molecule is CC(C(=O)Nc1cccc(C(F)(F)C(F)(F)OC(F)(F)C(F)(F)C(F)(F)OC(F)(F)F)c1)(c1ccccc1)c1ccccc1. The highest BCUT2D eigenvalue weighted by Crippen LogP contribution is 2.54. The summed E-state index contributed by atoms with van der Waals surface area (Å²) in [6.45, 7) is 1.44. The molecule has 0 fully saturated rings. The predicted octanol–water partition coefficient (Wildman–Crippen LogP) is 8.69. The van der Waals surface area contributed by atoms with Gasteiger partial charge in [-0.05, 0) is 30.2 Å². The summed E-state index contributed by atoms with van der Waals surface area (Å²) in [5, 5.41) is 2.21. The minimum absolute atomic E-state index is 0.128. The van der Waals surface area contributed by atoms with Gasteiger partial charge in [-0.1, -0.05) is 72.8 Å². The van der Waals surface area contributed by atoms with Crippen molar-refractivity contribution in [1.82, 2.24) is 0 Å². The van der Waals surface area contributed by atoms with E-state index in [-0.39, 0.29) is 12.1 Å². The molecule has 0 atom stereocenters. The Bertz CT molecular complexity index is 1410. The fraction of sp³-hybridized carbons (Fsp3) is 0.296. The van der Waals surface area contributed by atoms with E-state index in [1.54, 1.807) is 65.4 Å². The minimum Gasteiger partial charge on any atom is -0.325 e. The molecular weight excluding hydrogens is 633 g/mol. The highest BCUT2D eigenvalue weighted by Gasteiger charge is 2.80. The van der Waals surface area contributed by atoms with Gasteiger partial charge in [-0.15, -0.1) is 13.2 Å². The number of anilines is 1. The molecule has 0 spiro atoms. The first-order chi connectivity index (χ1) is 20.0. The second-order valence-corrected chi connectivity index (χ2v) is 9.24. The molecule has 0 aromatic heterocycles. The van der Waals surface area contributed by atoms with Gasteiger partial charge in [0, 0.05) is 11.3 Å². The molecule has 0 radical (unpaired) electrons. The van der Waals surface area contributed by atoms with Crippen LogP contribution in [0.15, 0.2) is 84.9 Å². The molecule has 3 aromatic rings. The Kier molecular flexibility index (Phi) is 9.11. The summed E-state index contributed by atoms with van der Waals surface area (Å²) in [7, 11) is 0. The average Bonchev–Trinajstić information content (AvgIpc) is 2.91. The molecule has 3 aromatic carbocycles. The second-order valence-electron chi connectivity index (χ2n) is 9.24. The van der Waals surface area contributed by atoms with Gasteiger partial charge in [-0.25, -0.2) is 9.47 Å². The van der Waals surface area contributed by atoms with E-state index in [0.29, 0.717) is 17.2 Å². The van der Waals surface area contributed by atoms with Gasteiger partial charge < -0.3 is 5.32 Å². The molecule has 0 bridgehead atoms. The van der Waals surface area contributed by atoms with Gasteiger partial charge in [0.25, 0.3) is 0 Å². The van der Waals surface area contributed by atoms with Crippen molar-refractivity contribution in [3.8, 4) is 0 Å². The lowest BCUT2D eigenvalue weighted by Gasteiger charge is -2.35. The molecule has 0 saturated carbocycles. The number of nitrogens with one attached hydrogen (secondary N) is 1. The topological polar surface area (TPSA) is 47.6 Å². The lowest BCUT2D eigenvalue weighted by atomic mass is 9.75. The summed E-state index contributed by atoms with van der Waals surface area (Å²) < 4.78 is 179. The summed E-state index contributed by atoms with van der Waals surface area (Å²) >= 11 is 0. The number of alkyl halides is 13. The van der Waals surface area contributed by atoms with Crippen LogP contribution in [-0.4, -0.2) is 36.5 Å². The maximum Gasteiger partial charge on any atom is 0.527 e. The van der Waals surface area contributed by atoms with Crippen molar-refractivity contribution >= 4 is 11.6 Å². The summed E-state index contributed by atoms with van der Waals surface area (Å²) in [5.41, 5.74) is -3.34. The first kappa shape index (κ1) is 34.6. The Morgan fingerprint density at radius 2 is 1.00 bits per heavy atom. The maximum absolute atomic E-state index is 14.7. The molecule has 3 rings (SSSR count). The van der Waals surface area contributed by atoms with E-state index in [9.17, 15) is 61.9 Å². The van der Waals surface area contributed by atoms with Gasteiger partial charge in [-0.2, -0.15) is 43.9 Å². The monoisotopic (exact) mass is 651 g/mol. The zero-order valence-electron chi connectivity index (χ0n) is 21.7. The molecule has 44 heavy (non-hydrogen) atoms. The molecule has 0 heterocycles. The van der Waals surface area contributed by atoms with Crippen molar-refractivity contribution in [2.75, 3.05) is 5.32 Å². The van der Waals surface area contributed by atoms with Crippen LogP contribution >= 0.6 is 0 Å². The van der Waals surface area contributed by atoms with E-state index >= 15 is 0 Å². The lowest BCUT2D eigenvalue weighted by Crippen LogP contribution is -2.61. The molecular formula is C27H18F13NO3. The number of carbonyl (C=O) groups excluding carboxylic acids is 1. The van der Waals surface area contributed by atoms with Crippen LogP contribution in [-0.2, 0) is 25.6 Å². The molecule has 0 aliphatic carbocycles. The Balaban J connectivity index is 1.94. The minimum atomic E-state index is -7.54. The van der Waals surface area contributed by atoms with E-state index in [1.807, 2.05) is 0 Å². The number of rotatable bonds is 11. The zero-order valence-corrected chi connectivity index (χ0v) is 21.7. The van der Waals surface area contributed by atoms with Gasteiger partial charge in [0.1, 0.15) is 0 Å². The van der Waals surface area contributed by atoms with E-state index in [2.05, 4.69) is 10.1 Å². The molecule has 0 aliphatic heterocycles. The first-order valence-electron chi connectivity index (χ1n) is 11.9. The average molecular weight is 651 g/mol. The van der Waals surface area contributed by atoms with E-state index in [0.717, 1.165) is 6.07 Å². The second kappa shape index (κ2) is 11.6. The van der Waals surface area contributed by atoms with Gasteiger partial charge >= 0.3 is 36.5 Å². The first-order valence-corrected chi connectivity index (χ1v) is 11.9. The lowest BCUT2D eigenvalue weighted by molar-refractivity contribution is -0.535. The number of benzene rings is 3. The summed E-state index contributed by atoms with van der Waals surface area (Å²) in [6.07, 6.45) is -28.0. The van der Waals surface area contributed by atoms with Crippen molar-refractivity contribution in [1.29, 1.82) is 0 Å². The van der Waals surface area contributed by atoms with Gasteiger partial charge in [0.15, 0.2) is 0 Å². The summed E-state index contributed by atoms with van der Waals surface area (Å²) in [4.78, 5) is 13.5. The molecule has 4 nitrogen and oxygen atoms in total. The molecule has 1 N–H and O–H groups in total. The van der Waals surface area contributed by atoms with E-state index < -0.39 is 59.1 Å². The van der Waals surface area contributed by atoms with Crippen LogP contribution in [0, 0.1) is 0 Å². The largest absolute Gasteiger partial charge is 0.527 e. The number of halogens is 13. The van der Waals surface area contributed by atoms with Crippen molar-refractivity contribution in [3.63, 3.8) is 0 Å². The third kappa shape index (κ3) is 6.62. The van der Waals surface area contributed by atoms with Gasteiger partial charge in [-0.3, -0.25) is 4.79 Å². The molecule has 240 valence electrons. The number of hydrogen-bond acceptors (Lipinski definition) is 3. The summed E-state index contributed by atoms with van der Waals surface area (Å²) in [6, 6.07) is 17.6. The molecule has 0 saturated heterocycles. The fourth-order valence-electron chi connectivity index (χ4n) is 3.86. The highest BCUT2D eigenvalue weighted by atomic mass is 19.4. The molecule has 0 unspecified atom stereocenters. The van der Waals surface area contributed by atoms with E-state index in [1.165, 1.54) is 6.92 Å². The van der Waals surface area contributed by atoms with Crippen LogP contribution in [0.3, 0.4) is 0 Å². The molecule has 0 aliphatic rings. The van der Waals surface area contributed by atoms with Crippen LogP contribution in [0.5, 0.6) is 0 Å². The van der Waals surface area contributed by atoms with Crippen LogP contribution in [0.4, 0.5) is 62.8 Å². The zero-order chi connectivity index (χ0) is 33.4. The predicted molar refractivity (Wildman–Crippen MR) is 126 cm³/mol. The number of hydrogen-bond donors (Lipinski definition) is 1. The van der Waals surface area contributed by atoms with Crippen LogP contribution in [0.1, 0.15) is 23.6 Å². The van der Waals surface area contributed by atoms with Crippen molar-refractivity contribution in [3.05, 3.63) is 102 Å². The fourth-order valence-corrected chi connectivity index (χ4v) is 3.86.